The van der Waals surface area contributed by atoms with Crippen molar-refractivity contribution in [1.82, 2.24) is 19.7 Å². The van der Waals surface area contributed by atoms with Gasteiger partial charge in [0.05, 0.1) is 11.2 Å². The van der Waals surface area contributed by atoms with Crippen molar-refractivity contribution in [3.8, 4) is 22.4 Å². The number of carbonyl (C=O) groups excluding carboxylic acids is 1. The second-order valence-corrected chi connectivity index (χ2v) is 8.75. The van der Waals surface area contributed by atoms with Gasteiger partial charge in [-0.1, -0.05) is 59.6 Å². The Bertz CT molecular complexity index is 1620. The van der Waals surface area contributed by atoms with Crippen molar-refractivity contribution in [3.63, 3.8) is 0 Å². The van der Waals surface area contributed by atoms with E-state index in [1.54, 1.807) is 23.1 Å². The Kier molecular flexibility index (Phi) is 4.85. The molecule has 0 amide bonds. The predicted octanol–water partition coefficient (Wildman–Crippen LogP) is 6.48. The number of halogens is 1. The monoisotopic (exact) mass is 462 g/mol. The molecule has 5 nitrogen and oxygen atoms in total. The van der Waals surface area contributed by atoms with Crippen LogP contribution in [0.4, 0.5) is 0 Å². The lowest BCUT2D eigenvalue weighted by Gasteiger charge is -2.20. The van der Waals surface area contributed by atoms with Crippen molar-refractivity contribution in [2.24, 2.45) is 0 Å². The maximum absolute atomic E-state index is 13.8. The standard InChI is InChI=1S/C28H19ClN4O/c1-17-14-23-26(18-6-3-2-4-7-18)27(21-11-13-31-24(29)16-21)32-33(23)28(34)25(17)20-9-10-22-19(15-20)8-5-12-30-22/h2-13,15-16H,14H2,1H3. The molecule has 0 fully saturated rings. The van der Waals surface area contributed by atoms with Crippen molar-refractivity contribution in [2.75, 3.05) is 0 Å². The first-order valence-electron chi connectivity index (χ1n) is 11.0. The highest BCUT2D eigenvalue weighted by Gasteiger charge is 2.31. The molecule has 164 valence electrons. The third-order valence-corrected chi connectivity index (χ3v) is 6.41. The molecule has 0 saturated carbocycles. The van der Waals surface area contributed by atoms with Crippen LogP contribution in [0.5, 0.6) is 0 Å². The van der Waals surface area contributed by atoms with Crippen LogP contribution >= 0.6 is 11.6 Å². The fourth-order valence-corrected chi connectivity index (χ4v) is 4.85. The van der Waals surface area contributed by atoms with Crippen molar-refractivity contribution in [3.05, 3.63) is 107 Å². The Hall–Kier alpha value is -4.09. The molecule has 5 aromatic rings. The summed E-state index contributed by atoms with van der Waals surface area (Å²) in [5.41, 5.74) is 7.83. The fraction of sp³-hybridized carbons (Fsp3) is 0.0714. The average Bonchev–Trinajstić information content (AvgIpc) is 3.24. The highest BCUT2D eigenvalue weighted by molar-refractivity contribution is 6.29. The minimum Gasteiger partial charge on any atom is -0.267 e. The van der Waals surface area contributed by atoms with Crippen LogP contribution in [0.1, 0.15) is 23.0 Å². The average molecular weight is 463 g/mol. The summed E-state index contributed by atoms with van der Waals surface area (Å²) >= 11 is 6.20. The third-order valence-electron chi connectivity index (χ3n) is 6.20. The van der Waals surface area contributed by atoms with Crippen molar-refractivity contribution < 1.29 is 4.79 Å². The zero-order valence-electron chi connectivity index (χ0n) is 18.4. The molecule has 1 aliphatic rings. The number of nitrogens with zero attached hydrogens (tertiary/aromatic N) is 4. The van der Waals surface area contributed by atoms with E-state index in [0.717, 1.165) is 50.1 Å². The Labute approximate surface area is 201 Å². The minimum atomic E-state index is -0.134. The second-order valence-electron chi connectivity index (χ2n) is 8.36. The maximum atomic E-state index is 13.8. The van der Waals surface area contributed by atoms with Crippen molar-refractivity contribution in [1.29, 1.82) is 0 Å². The van der Waals surface area contributed by atoms with Gasteiger partial charge in [0.15, 0.2) is 0 Å². The van der Waals surface area contributed by atoms with Crippen LogP contribution in [-0.4, -0.2) is 25.7 Å². The molecule has 0 unspecified atom stereocenters. The largest absolute Gasteiger partial charge is 0.279 e. The molecular formula is C28H19ClN4O. The zero-order valence-corrected chi connectivity index (χ0v) is 19.1. The summed E-state index contributed by atoms with van der Waals surface area (Å²) in [6, 6.07) is 23.5. The summed E-state index contributed by atoms with van der Waals surface area (Å²) in [5.74, 6) is -0.134. The molecule has 34 heavy (non-hydrogen) atoms. The van der Waals surface area contributed by atoms with E-state index in [2.05, 4.69) is 9.97 Å². The first-order valence-corrected chi connectivity index (χ1v) is 11.4. The molecular weight excluding hydrogens is 444 g/mol. The molecule has 0 bridgehead atoms. The van der Waals surface area contributed by atoms with Gasteiger partial charge < -0.3 is 0 Å². The predicted molar refractivity (Wildman–Crippen MR) is 135 cm³/mol. The molecule has 0 radical (unpaired) electrons. The summed E-state index contributed by atoms with van der Waals surface area (Å²) in [6.07, 6.45) is 4.04. The van der Waals surface area contributed by atoms with Crippen LogP contribution in [0.15, 0.2) is 90.8 Å². The number of fused-ring (bicyclic) bond motifs is 2. The zero-order chi connectivity index (χ0) is 23.2. The summed E-state index contributed by atoms with van der Waals surface area (Å²) in [4.78, 5) is 22.3. The lowest BCUT2D eigenvalue weighted by atomic mass is 9.90. The highest BCUT2D eigenvalue weighted by Crippen LogP contribution is 2.40. The van der Waals surface area contributed by atoms with Crippen molar-refractivity contribution in [2.45, 2.75) is 13.3 Å². The first kappa shape index (κ1) is 20.5. The van der Waals surface area contributed by atoms with Crippen LogP contribution in [0.25, 0.3) is 38.9 Å². The van der Waals surface area contributed by atoms with E-state index in [1.807, 2.05) is 73.7 Å². The Balaban J connectivity index is 1.55. The van der Waals surface area contributed by atoms with Gasteiger partial charge in [0, 0.05) is 40.9 Å². The van der Waals surface area contributed by atoms with Gasteiger partial charge in [-0.15, -0.1) is 0 Å². The van der Waals surface area contributed by atoms with Crippen LogP contribution < -0.4 is 0 Å². The van der Waals surface area contributed by atoms with Crippen LogP contribution in [0, 0.1) is 0 Å². The van der Waals surface area contributed by atoms with Gasteiger partial charge in [-0.2, -0.15) is 9.78 Å². The van der Waals surface area contributed by atoms with E-state index in [-0.39, 0.29) is 5.91 Å². The maximum Gasteiger partial charge on any atom is 0.279 e. The van der Waals surface area contributed by atoms with Crippen LogP contribution in [0.2, 0.25) is 5.15 Å². The van der Waals surface area contributed by atoms with Gasteiger partial charge in [-0.25, -0.2) is 4.98 Å². The molecule has 6 heteroatoms. The molecule has 0 spiro atoms. The topological polar surface area (TPSA) is 60.7 Å². The molecule has 6 rings (SSSR count). The second kappa shape index (κ2) is 8.04. The molecule has 0 atom stereocenters. The number of allylic oxidation sites excluding steroid dienone is 2. The summed E-state index contributed by atoms with van der Waals surface area (Å²) in [5, 5.41) is 6.21. The van der Waals surface area contributed by atoms with Gasteiger partial charge >= 0.3 is 0 Å². The number of hydrogen-bond acceptors (Lipinski definition) is 4. The van der Waals surface area contributed by atoms with Gasteiger partial charge in [0.2, 0.25) is 0 Å². The van der Waals surface area contributed by atoms with E-state index >= 15 is 0 Å². The Morgan fingerprint density at radius 2 is 1.71 bits per heavy atom. The summed E-state index contributed by atoms with van der Waals surface area (Å²) in [6.45, 7) is 2.02. The van der Waals surface area contributed by atoms with Crippen LogP contribution in [-0.2, 0) is 6.42 Å². The van der Waals surface area contributed by atoms with Gasteiger partial charge in [-0.3, -0.25) is 9.78 Å². The Morgan fingerprint density at radius 1 is 0.853 bits per heavy atom. The molecule has 3 aromatic heterocycles. The first-order chi connectivity index (χ1) is 16.6. The minimum absolute atomic E-state index is 0.134. The molecule has 0 aliphatic carbocycles. The molecule has 0 saturated heterocycles. The number of benzene rings is 2. The van der Waals surface area contributed by atoms with E-state index in [4.69, 9.17) is 16.7 Å². The molecule has 4 heterocycles. The number of hydrogen-bond donors (Lipinski definition) is 0. The summed E-state index contributed by atoms with van der Waals surface area (Å²) < 4.78 is 1.56. The smallest absolute Gasteiger partial charge is 0.267 e. The molecule has 0 N–H and O–H groups in total. The number of carbonyl (C=O) groups is 1. The molecule has 2 aromatic carbocycles. The van der Waals surface area contributed by atoms with Crippen molar-refractivity contribution >= 4 is 34.0 Å². The highest BCUT2D eigenvalue weighted by atomic mass is 35.5. The normalized spacial score (nSPS) is 13.4. The Morgan fingerprint density at radius 3 is 2.53 bits per heavy atom. The van der Waals surface area contributed by atoms with Gasteiger partial charge in [0.1, 0.15) is 10.8 Å². The SMILES string of the molecule is CC1=C(c2ccc3ncccc3c2)C(=O)n2nc(-c3ccnc(Cl)c3)c(-c3ccccc3)c2C1. The number of rotatable bonds is 3. The van der Waals surface area contributed by atoms with Gasteiger partial charge in [0.25, 0.3) is 5.91 Å². The summed E-state index contributed by atoms with van der Waals surface area (Å²) in [7, 11) is 0. The third kappa shape index (κ3) is 3.33. The van der Waals surface area contributed by atoms with E-state index < -0.39 is 0 Å². The molecule has 1 aliphatic heterocycles. The lowest BCUT2D eigenvalue weighted by Crippen LogP contribution is -2.23. The fourth-order valence-electron chi connectivity index (χ4n) is 4.67. The van der Waals surface area contributed by atoms with Crippen LogP contribution in [0.3, 0.4) is 0 Å². The van der Waals surface area contributed by atoms with E-state index in [0.29, 0.717) is 17.1 Å². The lowest BCUT2D eigenvalue weighted by molar-refractivity contribution is 0.0958. The van der Waals surface area contributed by atoms with E-state index in [9.17, 15) is 4.79 Å². The quantitative estimate of drug-likeness (QED) is 0.288. The van der Waals surface area contributed by atoms with E-state index in [1.165, 1.54) is 0 Å². The van der Waals surface area contributed by atoms with Gasteiger partial charge in [-0.05, 0) is 48.4 Å². The number of aromatic nitrogens is 4. The number of pyridine rings is 2.